The number of fused-ring (bicyclic) bond motifs is 1. The Hall–Kier alpha value is -3.19. The zero-order chi connectivity index (χ0) is 23.4. The molecule has 0 N–H and O–H groups in total. The second-order valence-electron chi connectivity index (χ2n) is 9.00. The summed E-state index contributed by atoms with van der Waals surface area (Å²) in [7, 11) is 0. The smallest absolute Gasteiger partial charge is 0.260 e. The van der Waals surface area contributed by atoms with Crippen molar-refractivity contribution in [3.63, 3.8) is 0 Å². The molecular formula is C26H30N4O2S. The normalized spacial score (nSPS) is 11.6. The maximum atomic E-state index is 13.6. The van der Waals surface area contributed by atoms with E-state index < -0.39 is 0 Å². The van der Waals surface area contributed by atoms with Gasteiger partial charge < -0.3 is 9.30 Å². The molecule has 0 unspecified atom stereocenters. The SMILES string of the molecule is CCOc1ccc2nc(N(CCCn3ccnc3)C(=O)c3ccc(C(C)(C)C)cc3)sc2c1. The Balaban J connectivity index is 1.62. The van der Waals surface area contributed by atoms with Crippen molar-refractivity contribution >= 4 is 32.6 Å². The number of ether oxygens (including phenoxy) is 1. The number of hydrogen-bond donors (Lipinski definition) is 0. The van der Waals surface area contributed by atoms with Gasteiger partial charge in [0.05, 0.1) is 23.2 Å². The van der Waals surface area contributed by atoms with E-state index in [1.165, 1.54) is 16.9 Å². The Bertz CT molecular complexity index is 1210. The highest BCUT2D eigenvalue weighted by atomic mass is 32.1. The molecule has 0 bridgehead atoms. The topological polar surface area (TPSA) is 60.2 Å². The van der Waals surface area contributed by atoms with Gasteiger partial charge in [-0.25, -0.2) is 9.97 Å². The monoisotopic (exact) mass is 462 g/mol. The molecule has 0 saturated heterocycles. The van der Waals surface area contributed by atoms with Gasteiger partial charge in [-0.3, -0.25) is 9.69 Å². The van der Waals surface area contributed by atoms with Gasteiger partial charge in [0, 0.05) is 31.0 Å². The van der Waals surface area contributed by atoms with Crippen LogP contribution in [0, 0.1) is 0 Å². The third kappa shape index (κ3) is 5.42. The van der Waals surface area contributed by atoms with E-state index in [-0.39, 0.29) is 11.3 Å². The van der Waals surface area contributed by atoms with Crippen LogP contribution in [0.5, 0.6) is 5.75 Å². The molecule has 0 aliphatic carbocycles. The average molecular weight is 463 g/mol. The standard InChI is InChI=1S/C26H30N4O2S/c1-5-32-21-11-12-22-23(17-21)33-25(28-22)30(15-6-14-29-16-13-27-18-29)24(31)19-7-9-20(10-8-19)26(2,3)4/h7-13,16-18H,5-6,14-15H2,1-4H3. The van der Waals surface area contributed by atoms with Gasteiger partial charge in [0.15, 0.2) is 5.13 Å². The van der Waals surface area contributed by atoms with Gasteiger partial charge in [0.2, 0.25) is 0 Å². The van der Waals surface area contributed by atoms with Crippen LogP contribution in [0.3, 0.4) is 0 Å². The van der Waals surface area contributed by atoms with Crippen LogP contribution in [-0.2, 0) is 12.0 Å². The summed E-state index contributed by atoms with van der Waals surface area (Å²) in [5.74, 6) is 0.779. The maximum absolute atomic E-state index is 13.6. The molecule has 6 nitrogen and oxygen atoms in total. The number of hydrogen-bond acceptors (Lipinski definition) is 5. The zero-order valence-electron chi connectivity index (χ0n) is 19.6. The number of carbonyl (C=O) groups is 1. The molecule has 0 atom stereocenters. The molecule has 33 heavy (non-hydrogen) atoms. The van der Waals surface area contributed by atoms with Gasteiger partial charge in [0.25, 0.3) is 5.91 Å². The number of rotatable bonds is 8. The van der Waals surface area contributed by atoms with E-state index in [0.29, 0.717) is 23.8 Å². The van der Waals surface area contributed by atoms with E-state index in [1.54, 1.807) is 17.4 Å². The predicted octanol–water partition coefficient (Wildman–Crippen LogP) is 5.93. The molecule has 2 aromatic heterocycles. The summed E-state index contributed by atoms with van der Waals surface area (Å²) in [5, 5.41) is 0.703. The van der Waals surface area contributed by atoms with E-state index in [1.807, 2.05) is 60.2 Å². The molecule has 0 spiro atoms. The van der Waals surface area contributed by atoms with E-state index in [2.05, 4.69) is 25.8 Å². The molecule has 0 aliphatic rings. The summed E-state index contributed by atoms with van der Waals surface area (Å²) in [6.45, 7) is 10.4. The van der Waals surface area contributed by atoms with E-state index >= 15 is 0 Å². The average Bonchev–Trinajstić information content (AvgIpc) is 3.45. The fourth-order valence-electron chi connectivity index (χ4n) is 3.65. The van der Waals surface area contributed by atoms with Crippen molar-refractivity contribution in [1.29, 1.82) is 0 Å². The molecule has 1 amide bonds. The van der Waals surface area contributed by atoms with E-state index in [9.17, 15) is 4.79 Å². The Morgan fingerprint density at radius 2 is 1.94 bits per heavy atom. The van der Waals surface area contributed by atoms with Crippen LogP contribution >= 0.6 is 11.3 Å². The molecule has 2 heterocycles. The van der Waals surface area contributed by atoms with Crippen LogP contribution < -0.4 is 9.64 Å². The summed E-state index contributed by atoms with van der Waals surface area (Å²) in [5.41, 5.74) is 2.78. The van der Waals surface area contributed by atoms with Crippen molar-refractivity contribution in [3.8, 4) is 5.75 Å². The Labute approximate surface area is 198 Å². The minimum atomic E-state index is -0.0369. The first kappa shape index (κ1) is 23.0. The van der Waals surface area contributed by atoms with Crippen molar-refractivity contribution in [2.45, 2.75) is 46.1 Å². The predicted molar refractivity (Wildman–Crippen MR) is 134 cm³/mol. The number of anilines is 1. The summed E-state index contributed by atoms with van der Waals surface area (Å²) in [6.07, 6.45) is 6.29. The van der Waals surface area contributed by atoms with E-state index in [0.717, 1.165) is 28.9 Å². The first-order valence-electron chi connectivity index (χ1n) is 11.3. The van der Waals surface area contributed by atoms with Crippen molar-refractivity contribution in [2.24, 2.45) is 0 Å². The third-order valence-corrected chi connectivity index (χ3v) is 6.53. The number of aryl methyl sites for hydroxylation is 1. The number of amides is 1. The fourth-order valence-corrected chi connectivity index (χ4v) is 4.67. The second-order valence-corrected chi connectivity index (χ2v) is 10.0. The van der Waals surface area contributed by atoms with Crippen molar-refractivity contribution in [3.05, 3.63) is 72.3 Å². The van der Waals surface area contributed by atoms with Crippen LogP contribution in [0.15, 0.2) is 61.2 Å². The highest BCUT2D eigenvalue weighted by Gasteiger charge is 2.22. The molecule has 2 aromatic carbocycles. The minimum absolute atomic E-state index is 0.0369. The minimum Gasteiger partial charge on any atom is -0.494 e. The lowest BCUT2D eigenvalue weighted by atomic mass is 9.86. The molecule has 7 heteroatoms. The van der Waals surface area contributed by atoms with Gasteiger partial charge in [0.1, 0.15) is 5.75 Å². The van der Waals surface area contributed by atoms with Crippen LogP contribution in [0.1, 0.15) is 50.0 Å². The van der Waals surface area contributed by atoms with Crippen molar-refractivity contribution < 1.29 is 9.53 Å². The first-order chi connectivity index (χ1) is 15.8. The van der Waals surface area contributed by atoms with Crippen LogP contribution in [0.2, 0.25) is 0 Å². The van der Waals surface area contributed by atoms with Gasteiger partial charge in [-0.2, -0.15) is 0 Å². The maximum Gasteiger partial charge on any atom is 0.260 e. The van der Waals surface area contributed by atoms with Crippen molar-refractivity contribution in [2.75, 3.05) is 18.1 Å². The highest BCUT2D eigenvalue weighted by molar-refractivity contribution is 7.22. The first-order valence-corrected chi connectivity index (χ1v) is 12.1. The molecule has 0 aliphatic heterocycles. The molecule has 0 saturated carbocycles. The zero-order valence-corrected chi connectivity index (χ0v) is 20.4. The van der Waals surface area contributed by atoms with Crippen molar-refractivity contribution in [1.82, 2.24) is 14.5 Å². The molecule has 172 valence electrons. The molecule has 0 fully saturated rings. The van der Waals surface area contributed by atoms with Gasteiger partial charge >= 0.3 is 0 Å². The summed E-state index contributed by atoms with van der Waals surface area (Å²) < 4.78 is 8.66. The number of aromatic nitrogens is 3. The second kappa shape index (κ2) is 9.75. The number of nitrogens with zero attached hydrogens (tertiary/aromatic N) is 4. The lowest BCUT2D eigenvalue weighted by molar-refractivity contribution is 0.0986. The molecule has 0 radical (unpaired) electrons. The Kier molecular flexibility index (Phi) is 6.79. The molecule has 4 aromatic rings. The number of carbonyl (C=O) groups excluding carboxylic acids is 1. The quantitative estimate of drug-likeness (QED) is 0.326. The summed E-state index contributed by atoms with van der Waals surface area (Å²) in [6, 6.07) is 13.8. The fraction of sp³-hybridized carbons (Fsp3) is 0.346. The van der Waals surface area contributed by atoms with Crippen LogP contribution in [0.4, 0.5) is 5.13 Å². The van der Waals surface area contributed by atoms with Crippen LogP contribution in [-0.4, -0.2) is 33.6 Å². The highest BCUT2D eigenvalue weighted by Crippen LogP contribution is 2.33. The lowest BCUT2D eigenvalue weighted by Gasteiger charge is -2.22. The Morgan fingerprint density at radius 3 is 2.61 bits per heavy atom. The van der Waals surface area contributed by atoms with Gasteiger partial charge in [-0.05, 0) is 54.7 Å². The van der Waals surface area contributed by atoms with Gasteiger partial charge in [-0.15, -0.1) is 0 Å². The number of thiazole rings is 1. The van der Waals surface area contributed by atoms with Gasteiger partial charge in [-0.1, -0.05) is 44.2 Å². The third-order valence-electron chi connectivity index (χ3n) is 5.49. The molecule has 4 rings (SSSR count). The largest absolute Gasteiger partial charge is 0.494 e. The number of benzene rings is 2. The lowest BCUT2D eigenvalue weighted by Crippen LogP contribution is -2.32. The number of imidazole rings is 1. The van der Waals surface area contributed by atoms with Crippen LogP contribution in [0.25, 0.3) is 10.2 Å². The molecular weight excluding hydrogens is 432 g/mol. The van der Waals surface area contributed by atoms with E-state index in [4.69, 9.17) is 9.72 Å². The summed E-state index contributed by atoms with van der Waals surface area (Å²) in [4.78, 5) is 24.3. The summed E-state index contributed by atoms with van der Waals surface area (Å²) >= 11 is 1.52. The Morgan fingerprint density at radius 1 is 1.15 bits per heavy atom.